The molecule has 1 heterocycles. The molecule has 0 amide bonds. The molecule has 4 fully saturated rings. The second-order valence-electron chi connectivity index (χ2n) is 10.3. The van der Waals surface area contributed by atoms with Gasteiger partial charge in [-0.15, -0.1) is 0 Å². The van der Waals surface area contributed by atoms with Crippen LogP contribution in [0, 0.1) is 23.2 Å². The van der Waals surface area contributed by atoms with Crippen molar-refractivity contribution >= 4 is 0 Å². The van der Waals surface area contributed by atoms with Crippen LogP contribution in [0.1, 0.15) is 68.9 Å². The van der Waals surface area contributed by atoms with Crippen LogP contribution < -0.4 is 0 Å². The summed E-state index contributed by atoms with van der Waals surface area (Å²) in [5.74, 6) is 3.13. The molecular weight excluding hydrogens is 354 g/mol. The topological polar surface area (TPSA) is 22.1 Å². The van der Waals surface area contributed by atoms with Gasteiger partial charge in [0, 0.05) is 12.4 Å². The minimum Gasteiger partial charge on any atom is -0.374 e. The lowest BCUT2D eigenvalue weighted by Gasteiger charge is -2.57. The number of benzene rings is 1. The van der Waals surface area contributed by atoms with Gasteiger partial charge in [-0.3, -0.25) is 4.98 Å². The zero-order chi connectivity index (χ0) is 19.5. The first-order chi connectivity index (χ1) is 14.3. The van der Waals surface area contributed by atoms with E-state index in [4.69, 9.17) is 4.74 Å². The fraction of sp³-hybridized carbons (Fsp3) is 0.593. The van der Waals surface area contributed by atoms with Gasteiger partial charge in [-0.1, -0.05) is 30.3 Å². The summed E-state index contributed by atoms with van der Waals surface area (Å²) in [7, 11) is 0. The lowest BCUT2D eigenvalue weighted by molar-refractivity contribution is -0.0682. The normalized spacial score (nSPS) is 31.1. The Morgan fingerprint density at radius 1 is 0.828 bits per heavy atom. The molecule has 0 spiro atoms. The van der Waals surface area contributed by atoms with Gasteiger partial charge < -0.3 is 4.74 Å². The highest BCUT2D eigenvalue weighted by Gasteiger charge is 2.50. The number of hydrogen-bond acceptors (Lipinski definition) is 2. The molecule has 0 N–H and O–H groups in total. The maximum Gasteiger partial charge on any atom is 0.0720 e. The number of aryl methyl sites for hydroxylation is 1. The van der Waals surface area contributed by atoms with Crippen LogP contribution in [-0.2, 0) is 17.8 Å². The van der Waals surface area contributed by atoms with Gasteiger partial charge in [0.05, 0.1) is 12.7 Å². The second kappa shape index (κ2) is 8.60. The predicted molar refractivity (Wildman–Crippen MR) is 117 cm³/mol. The molecule has 4 aliphatic rings. The Bertz CT molecular complexity index is 693. The highest BCUT2D eigenvalue weighted by Crippen LogP contribution is 2.61. The molecule has 4 bridgehead atoms. The monoisotopic (exact) mass is 389 g/mol. The van der Waals surface area contributed by atoms with E-state index in [-0.39, 0.29) is 0 Å². The summed E-state index contributed by atoms with van der Waals surface area (Å²) in [6.45, 7) is 0.739. The molecule has 0 aliphatic heterocycles. The Labute approximate surface area is 176 Å². The molecule has 4 saturated carbocycles. The van der Waals surface area contributed by atoms with Crippen LogP contribution in [0.2, 0.25) is 0 Å². The summed E-state index contributed by atoms with van der Waals surface area (Å²) in [6, 6.07) is 15.0. The second-order valence-corrected chi connectivity index (χ2v) is 10.3. The molecule has 6 rings (SSSR count). The van der Waals surface area contributed by atoms with Crippen LogP contribution in [-0.4, -0.2) is 11.1 Å². The van der Waals surface area contributed by atoms with Gasteiger partial charge in [0.15, 0.2) is 0 Å². The number of pyridine rings is 1. The average molecular weight is 390 g/mol. The van der Waals surface area contributed by atoms with Crippen molar-refractivity contribution in [3.63, 3.8) is 0 Å². The van der Waals surface area contributed by atoms with E-state index in [1.54, 1.807) is 0 Å². The van der Waals surface area contributed by atoms with Crippen molar-refractivity contribution in [3.05, 3.63) is 66.0 Å². The van der Waals surface area contributed by atoms with Crippen molar-refractivity contribution in [2.24, 2.45) is 23.2 Å². The largest absolute Gasteiger partial charge is 0.374 e. The summed E-state index contributed by atoms with van der Waals surface area (Å²) in [4.78, 5) is 4.16. The Morgan fingerprint density at radius 2 is 1.48 bits per heavy atom. The van der Waals surface area contributed by atoms with Crippen molar-refractivity contribution in [3.8, 4) is 0 Å². The van der Waals surface area contributed by atoms with E-state index in [0.29, 0.717) is 11.5 Å². The number of ether oxygens (including phenoxy) is 1. The summed E-state index contributed by atoms with van der Waals surface area (Å²) in [6.07, 6.45) is 18.1. The van der Waals surface area contributed by atoms with E-state index in [9.17, 15) is 0 Å². The molecule has 2 nitrogen and oxygen atoms in total. The van der Waals surface area contributed by atoms with Crippen LogP contribution in [0.4, 0.5) is 0 Å². The third-order valence-electron chi connectivity index (χ3n) is 7.99. The van der Waals surface area contributed by atoms with Gasteiger partial charge in [0.1, 0.15) is 0 Å². The van der Waals surface area contributed by atoms with Crippen molar-refractivity contribution in [1.29, 1.82) is 0 Å². The SMILES string of the molecule is c1ccc(COC(CCc2ccncc2)CCC23CC4CC(CC(C4)C2)C3)cc1. The molecule has 154 valence electrons. The highest BCUT2D eigenvalue weighted by atomic mass is 16.5. The molecule has 1 atom stereocenters. The molecule has 2 heteroatoms. The minimum atomic E-state index is 0.358. The quantitative estimate of drug-likeness (QED) is 0.482. The first-order valence-corrected chi connectivity index (χ1v) is 11.8. The molecule has 1 aromatic heterocycles. The Hall–Kier alpha value is -1.67. The standard InChI is InChI=1S/C27H35NO/c1-2-4-22(5-3-1)20-29-26(7-6-21-9-12-28-13-10-21)8-11-27-17-23-14-24(18-27)16-25(15-23)19-27/h1-5,9-10,12-13,23-26H,6-8,11,14-20H2. The van der Waals surface area contributed by atoms with Crippen LogP contribution in [0.3, 0.4) is 0 Å². The lowest BCUT2D eigenvalue weighted by atomic mass is 9.48. The molecule has 2 aromatic rings. The smallest absolute Gasteiger partial charge is 0.0720 e. The van der Waals surface area contributed by atoms with Gasteiger partial charge in [-0.2, -0.15) is 0 Å². The van der Waals surface area contributed by atoms with E-state index in [1.807, 2.05) is 12.4 Å². The fourth-order valence-electron chi connectivity index (χ4n) is 7.04. The van der Waals surface area contributed by atoms with E-state index in [1.165, 1.54) is 62.5 Å². The summed E-state index contributed by atoms with van der Waals surface area (Å²) < 4.78 is 6.50. The van der Waals surface area contributed by atoms with Gasteiger partial charge in [0.25, 0.3) is 0 Å². The lowest BCUT2D eigenvalue weighted by Crippen LogP contribution is -2.46. The Kier molecular flexibility index (Phi) is 5.72. The van der Waals surface area contributed by atoms with E-state index < -0.39 is 0 Å². The third kappa shape index (κ3) is 4.74. The number of rotatable bonds is 9. The fourth-order valence-corrected chi connectivity index (χ4v) is 7.04. The average Bonchev–Trinajstić information content (AvgIpc) is 2.74. The van der Waals surface area contributed by atoms with E-state index in [0.717, 1.165) is 37.2 Å². The van der Waals surface area contributed by atoms with Crippen LogP contribution >= 0.6 is 0 Å². The molecule has 29 heavy (non-hydrogen) atoms. The number of nitrogens with zero attached hydrogens (tertiary/aromatic N) is 1. The van der Waals surface area contributed by atoms with Crippen LogP contribution in [0.5, 0.6) is 0 Å². The maximum absolute atomic E-state index is 6.50. The predicted octanol–water partition coefficient (Wildman–Crippen LogP) is 6.60. The van der Waals surface area contributed by atoms with Crippen LogP contribution in [0.25, 0.3) is 0 Å². The van der Waals surface area contributed by atoms with Crippen molar-refractivity contribution in [2.45, 2.75) is 76.9 Å². The van der Waals surface area contributed by atoms with Gasteiger partial charge >= 0.3 is 0 Å². The Morgan fingerprint density at radius 3 is 2.14 bits per heavy atom. The minimum absolute atomic E-state index is 0.358. The van der Waals surface area contributed by atoms with Crippen molar-refractivity contribution in [1.82, 2.24) is 4.98 Å². The summed E-state index contributed by atoms with van der Waals surface area (Å²) in [5.41, 5.74) is 3.32. The molecule has 0 saturated heterocycles. The molecule has 4 aliphatic carbocycles. The van der Waals surface area contributed by atoms with Crippen molar-refractivity contribution < 1.29 is 4.74 Å². The van der Waals surface area contributed by atoms with Gasteiger partial charge in [-0.05, 0) is 111 Å². The number of hydrogen-bond donors (Lipinski definition) is 0. The Balaban J connectivity index is 1.21. The summed E-state index contributed by atoms with van der Waals surface area (Å²) in [5, 5.41) is 0. The van der Waals surface area contributed by atoms with E-state index >= 15 is 0 Å². The molecule has 1 aromatic carbocycles. The van der Waals surface area contributed by atoms with E-state index in [2.05, 4.69) is 47.4 Å². The number of aromatic nitrogens is 1. The van der Waals surface area contributed by atoms with Gasteiger partial charge in [0.2, 0.25) is 0 Å². The first-order valence-electron chi connectivity index (χ1n) is 11.8. The summed E-state index contributed by atoms with van der Waals surface area (Å²) >= 11 is 0. The molecule has 0 radical (unpaired) electrons. The highest BCUT2D eigenvalue weighted by molar-refractivity contribution is 5.13. The van der Waals surface area contributed by atoms with Crippen molar-refractivity contribution in [2.75, 3.05) is 0 Å². The first kappa shape index (κ1) is 19.3. The zero-order valence-electron chi connectivity index (χ0n) is 17.6. The maximum atomic E-state index is 6.50. The van der Waals surface area contributed by atoms with Crippen LogP contribution in [0.15, 0.2) is 54.9 Å². The molecular formula is C27H35NO. The van der Waals surface area contributed by atoms with Gasteiger partial charge in [-0.25, -0.2) is 0 Å². The zero-order valence-corrected chi connectivity index (χ0v) is 17.6. The third-order valence-corrected chi connectivity index (χ3v) is 7.99. The molecule has 1 unspecified atom stereocenters.